The molecular formula is C25H36IN5O2. The van der Waals surface area contributed by atoms with Crippen LogP contribution in [0.25, 0.3) is 0 Å². The summed E-state index contributed by atoms with van der Waals surface area (Å²) in [5.41, 5.74) is 2.95. The number of unbranched alkanes of at least 4 members (excludes halogenated alkanes) is 1. The van der Waals surface area contributed by atoms with Crippen LogP contribution in [0.1, 0.15) is 35.7 Å². The van der Waals surface area contributed by atoms with Crippen molar-refractivity contribution in [1.29, 1.82) is 0 Å². The first-order valence-corrected chi connectivity index (χ1v) is 11.4. The van der Waals surface area contributed by atoms with E-state index in [2.05, 4.69) is 38.4 Å². The molecular weight excluding hydrogens is 529 g/mol. The third-order valence-corrected chi connectivity index (χ3v) is 5.70. The van der Waals surface area contributed by atoms with Gasteiger partial charge in [-0.2, -0.15) is 0 Å². The van der Waals surface area contributed by atoms with Crippen LogP contribution in [0.4, 0.5) is 5.69 Å². The molecule has 0 saturated carbocycles. The molecule has 1 fully saturated rings. The topological polar surface area (TPSA) is 69.2 Å². The number of amides is 1. The summed E-state index contributed by atoms with van der Waals surface area (Å²) in [4.78, 5) is 21.3. The number of halogens is 1. The van der Waals surface area contributed by atoms with Crippen LogP contribution >= 0.6 is 24.0 Å². The average Bonchev–Trinajstić information content (AvgIpc) is 2.85. The van der Waals surface area contributed by atoms with Crippen molar-refractivity contribution in [1.82, 2.24) is 15.5 Å². The lowest BCUT2D eigenvalue weighted by Gasteiger charge is -2.38. The van der Waals surface area contributed by atoms with E-state index in [9.17, 15) is 4.79 Å². The van der Waals surface area contributed by atoms with E-state index in [0.717, 1.165) is 68.5 Å². The lowest BCUT2D eigenvalue weighted by atomic mass is 10.1. The molecule has 2 aromatic carbocycles. The minimum absolute atomic E-state index is 0. The number of hydrogen-bond donors (Lipinski definition) is 2. The van der Waals surface area contributed by atoms with Crippen molar-refractivity contribution >= 4 is 41.5 Å². The number of benzene rings is 2. The van der Waals surface area contributed by atoms with Gasteiger partial charge in [0.2, 0.25) is 0 Å². The first kappa shape index (κ1) is 26.8. The standard InChI is InChI=1S/C25H35N5O2.HI/c1-4-5-14-27-24(31)21-12-10-20(11-13-21)19-28-25(26-2)30-17-15-29(16-18-30)22-8-6-7-9-23(22)32-3;/h6-13H,4-5,14-19H2,1-3H3,(H,26,28)(H,27,31);1H. The number of anilines is 1. The predicted molar refractivity (Wildman–Crippen MR) is 146 cm³/mol. The summed E-state index contributed by atoms with van der Waals surface area (Å²) in [6.45, 7) is 7.08. The van der Waals surface area contributed by atoms with Gasteiger partial charge in [0.1, 0.15) is 5.75 Å². The Balaban J connectivity index is 0.00000385. The van der Waals surface area contributed by atoms with Gasteiger partial charge in [-0.15, -0.1) is 24.0 Å². The molecule has 0 radical (unpaired) electrons. The highest BCUT2D eigenvalue weighted by Gasteiger charge is 2.21. The van der Waals surface area contributed by atoms with E-state index < -0.39 is 0 Å². The first-order chi connectivity index (χ1) is 15.7. The van der Waals surface area contributed by atoms with Crippen molar-refractivity contribution in [3.8, 4) is 5.75 Å². The second kappa shape index (κ2) is 13.9. The highest BCUT2D eigenvalue weighted by molar-refractivity contribution is 14.0. The quantitative estimate of drug-likeness (QED) is 0.221. The van der Waals surface area contributed by atoms with Crippen molar-refractivity contribution in [3.05, 3.63) is 59.7 Å². The molecule has 3 rings (SSSR count). The summed E-state index contributed by atoms with van der Waals surface area (Å²) in [6, 6.07) is 15.9. The molecule has 180 valence electrons. The fourth-order valence-corrected chi connectivity index (χ4v) is 3.82. The normalized spacial score (nSPS) is 13.8. The highest BCUT2D eigenvalue weighted by Crippen LogP contribution is 2.28. The molecule has 0 aliphatic carbocycles. The van der Waals surface area contributed by atoms with E-state index >= 15 is 0 Å². The number of rotatable bonds is 8. The Morgan fingerprint density at radius 3 is 2.36 bits per heavy atom. The second-order valence-corrected chi connectivity index (χ2v) is 7.85. The maximum Gasteiger partial charge on any atom is 0.251 e. The molecule has 7 nitrogen and oxygen atoms in total. The number of guanidine groups is 1. The fourth-order valence-electron chi connectivity index (χ4n) is 3.82. The van der Waals surface area contributed by atoms with Gasteiger partial charge >= 0.3 is 0 Å². The Labute approximate surface area is 214 Å². The van der Waals surface area contributed by atoms with E-state index in [4.69, 9.17) is 4.74 Å². The third kappa shape index (κ3) is 7.52. The molecule has 0 atom stereocenters. The predicted octanol–water partition coefficient (Wildman–Crippen LogP) is 3.74. The van der Waals surface area contributed by atoms with E-state index in [1.54, 1.807) is 7.11 Å². The molecule has 2 aromatic rings. The molecule has 1 heterocycles. The zero-order valence-corrected chi connectivity index (χ0v) is 22.2. The van der Waals surface area contributed by atoms with Crippen LogP contribution < -0.4 is 20.3 Å². The van der Waals surface area contributed by atoms with Crippen LogP contribution in [-0.2, 0) is 6.54 Å². The molecule has 33 heavy (non-hydrogen) atoms. The summed E-state index contributed by atoms with van der Waals surface area (Å²) < 4.78 is 5.51. The summed E-state index contributed by atoms with van der Waals surface area (Å²) >= 11 is 0. The number of hydrogen-bond acceptors (Lipinski definition) is 4. The Bertz CT molecular complexity index is 896. The van der Waals surface area contributed by atoms with Gasteiger partial charge in [0.15, 0.2) is 5.96 Å². The summed E-state index contributed by atoms with van der Waals surface area (Å²) in [6.07, 6.45) is 2.07. The largest absolute Gasteiger partial charge is 0.495 e. The number of ether oxygens (including phenoxy) is 1. The Morgan fingerprint density at radius 1 is 1.03 bits per heavy atom. The molecule has 1 aliphatic rings. The van der Waals surface area contributed by atoms with Gasteiger partial charge in [0, 0.05) is 51.9 Å². The molecule has 1 amide bonds. The lowest BCUT2D eigenvalue weighted by Crippen LogP contribution is -2.52. The number of carbonyl (C=O) groups is 1. The summed E-state index contributed by atoms with van der Waals surface area (Å²) in [5.74, 6) is 1.79. The maximum atomic E-state index is 12.2. The van der Waals surface area contributed by atoms with Crippen molar-refractivity contribution in [2.45, 2.75) is 26.3 Å². The van der Waals surface area contributed by atoms with Crippen molar-refractivity contribution < 1.29 is 9.53 Å². The average molecular weight is 566 g/mol. The number of piperazine rings is 1. The Kier molecular flexibility index (Phi) is 11.3. The number of para-hydroxylation sites is 2. The molecule has 0 bridgehead atoms. The molecule has 0 spiro atoms. The van der Waals surface area contributed by atoms with E-state index in [0.29, 0.717) is 12.1 Å². The molecule has 2 N–H and O–H groups in total. The third-order valence-electron chi connectivity index (χ3n) is 5.70. The van der Waals surface area contributed by atoms with Crippen LogP contribution in [0.2, 0.25) is 0 Å². The smallest absolute Gasteiger partial charge is 0.251 e. The van der Waals surface area contributed by atoms with E-state index in [-0.39, 0.29) is 29.9 Å². The van der Waals surface area contributed by atoms with Crippen molar-refractivity contribution in [2.24, 2.45) is 4.99 Å². The van der Waals surface area contributed by atoms with Crippen molar-refractivity contribution in [2.75, 3.05) is 51.8 Å². The van der Waals surface area contributed by atoms with E-state index in [1.807, 2.05) is 49.5 Å². The number of aliphatic imine (C=N–C) groups is 1. The first-order valence-electron chi connectivity index (χ1n) is 11.4. The van der Waals surface area contributed by atoms with Crippen LogP contribution in [0.3, 0.4) is 0 Å². The molecule has 0 aromatic heterocycles. The number of nitrogens with one attached hydrogen (secondary N) is 2. The number of nitrogens with zero attached hydrogens (tertiary/aromatic N) is 3. The Morgan fingerprint density at radius 2 is 1.73 bits per heavy atom. The summed E-state index contributed by atoms with van der Waals surface area (Å²) in [5, 5.41) is 6.41. The van der Waals surface area contributed by atoms with Crippen LogP contribution in [0, 0.1) is 0 Å². The van der Waals surface area contributed by atoms with Gasteiger partial charge in [0.25, 0.3) is 5.91 Å². The monoisotopic (exact) mass is 565 g/mol. The van der Waals surface area contributed by atoms with E-state index in [1.165, 1.54) is 0 Å². The highest BCUT2D eigenvalue weighted by atomic mass is 127. The zero-order valence-electron chi connectivity index (χ0n) is 19.8. The van der Waals surface area contributed by atoms with Crippen LogP contribution in [0.15, 0.2) is 53.5 Å². The Hall–Kier alpha value is -2.49. The van der Waals surface area contributed by atoms with Gasteiger partial charge in [-0.1, -0.05) is 37.6 Å². The number of methoxy groups -OCH3 is 1. The fraction of sp³-hybridized carbons (Fsp3) is 0.440. The molecule has 0 unspecified atom stereocenters. The molecule has 1 aliphatic heterocycles. The van der Waals surface area contributed by atoms with Gasteiger partial charge in [-0.05, 0) is 36.2 Å². The SMILES string of the molecule is CCCCNC(=O)c1ccc(CNC(=NC)N2CCN(c3ccccc3OC)CC2)cc1.I. The van der Waals surface area contributed by atoms with Crippen molar-refractivity contribution in [3.63, 3.8) is 0 Å². The minimum Gasteiger partial charge on any atom is -0.495 e. The van der Waals surface area contributed by atoms with Gasteiger partial charge in [0.05, 0.1) is 12.8 Å². The van der Waals surface area contributed by atoms with Gasteiger partial charge in [-0.25, -0.2) is 0 Å². The number of carbonyl (C=O) groups excluding carboxylic acids is 1. The second-order valence-electron chi connectivity index (χ2n) is 7.85. The van der Waals surface area contributed by atoms with Crippen LogP contribution in [0.5, 0.6) is 5.75 Å². The maximum absolute atomic E-state index is 12.2. The van der Waals surface area contributed by atoms with Gasteiger partial charge in [-0.3, -0.25) is 9.79 Å². The van der Waals surface area contributed by atoms with Gasteiger partial charge < -0.3 is 25.2 Å². The zero-order chi connectivity index (χ0) is 22.8. The molecule has 8 heteroatoms. The minimum atomic E-state index is -0.0123. The van der Waals surface area contributed by atoms with Crippen LogP contribution in [-0.4, -0.2) is 63.6 Å². The lowest BCUT2D eigenvalue weighted by molar-refractivity contribution is 0.0953. The summed E-state index contributed by atoms with van der Waals surface area (Å²) in [7, 11) is 3.53. The molecule has 1 saturated heterocycles.